The minimum absolute atomic E-state index is 0.163. The lowest BCUT2D eigenvalue weighted by Gasteiger charge is -2.40. The molecule has 5 heteroatoms. The lowest BCUT2D eigenvalue weighted by atomic mass is 9.90. The highest BCUT2D eigenvalue weighted by Crippen LogP contribution is 2.28. The van der Waals surface area contributed by atoms with E-state index in [1.54, 1.807) is 25.1 Å². The summed E-state index contributed by atoms with van der Waals surface area (Å²) in [6.45, 7) is 3.60. The van der Waals surface area contributed by atoms with Gasteiger partial charge in [0.15, 0.2) is 0 Å². The Morgan fingerprint density at radius 3 is 2.63 bits per heavy atom. The van der Waals surface area contributed by atoms with Gasteiger partial charge in [0.25, 0.3) is 5.91 Å². The zero-order valence-electron chi connectivity index (χ0n) is 11.0. The zero-order valence-corrected chi connectivity index (χ0v) is 11.8. The standard InChI is InChI=1S/C14H16N2O2S/c1-3-14(2,13(15)19)16-11(17)8-9-6-4-5-7-10(9)12(16)18/h4-7H,3,8H2,1-2H3,(H2,15,19). The summed E-state index contributed by atoms with van der Waals surface area (Å²) in [6, 6.07) is 7.13. The van der Waals surface area contributed by atoms with E-state index in [0.29, 0.717) is 12.0 Å². The van der Waals surface area contributed by atoms with Crippen LogP contribution >= 0.6 is 12.2 Å². The van der Waals surface area contributed by atoms with Gasteiger partial charge >= 0.3 is 0 Å². The molecule has 0 fully saturated rings. The minimum atomic E-state index is -0.906. The smallest absolute Gasteiger partial charge is 0.261 e. The third-order valence-corrected chi connectivity index (χ3v) is 4.19. The lowest BCUT2D eigenvalue weighted by molar-refractivity contribution is -0.131. The normalized spacial score (nSPS) is 17.9. The molecule has 1 aromatic carbocycles. The zero-order chi connectivity index (χ0) is 14.2. The number of imide groups is 1. The molecule has 0 radical (unpaired) electrons. The van der Waals surface area contributed by atoms with Crippen LogP contribution < -0.4 is 5.73 Å². The van der Waals surface area contributed by atoms with Crippen molar-refractivity contribution in [2.75, 3.05) is 0 Å². The van der Waals surface area contributed by atoms with E-state index in [-0.39, 0.29) is 23.2 Å². The number of carbonyl (C=O) groups is 2. The highest BCUT2D eigenvalue weighted by atomic mass is 32.1. The molecule has 2 amide bonds. The number of fused-ring (bicyclic) bond motifs is 1. The summed E-state index contributed by atoms with van der Waals surface area (Å²) in [7, 11) is 0. The monoisotopic (exact) mass is 276 g/mol. The van der Waals surface area contributed by atoms with Crippen LogP contribution in [0.15, 0.2) is 24.3 Å². The Bertz CT molecular complexity index is 570. The molecule has 4 nitrogen and oxygen atoms in total. The lowest BCUT2D eigenvalue weighted by Crippen LogP contribution is -2.60. The van der Waals surface area contributed by atoms with Gasteiger partial charge in [-0.15, -0.1) is 0 Å². The van der Waals surface area contributed by atoms with Crippen molar-refractivity contribution >= 4 is 29.0 Å². The number of nitrogens with two attached hydrogens (primary N) is 1. The molecule has 1 unspecified atom stereocenters. The van der Waals surface area contributed by atoms with Gasteiger partial charge in [-0.25, -0.2) is 0 Å². The first-order valence-electron chi connectivity index (χ1n) is 6.17. The fourth-order valence-corrected chi connectivity index (χ4v) is 2.54. The second-order valence-electron chi connectivity index (χ2n) is 4.86. The van der Waals surface area contributed by atoms with Gasteiger partial charge in [-0.1, -0.05) is 37.3 Å². The van der Waals surface area contributed by atoms with Crippen LogP contribution in [0.3, 0.4) is 0 Å². The van der Waals surface area contributed by atoms with E-state index in [1.807, 2.05) is 13.0 Å². The van der Waals surface area contributed by atoms with E-state index >= 15 is 0 Å². The Hall–Kier alpha value is -1.75. The van der Waals surface area contributed by atoms with Crippen LogP contribution in [0.25, 0.3) is 0 Å². The van der Waals surface area contributed by atoms with Crippen molar-refractivity contribution in [1.29, 1.82) is 0 Å². The van der Waals surface area contributed by atoms with Gasteiger partial charge in [0.05, 0.1) is 16.9 Å². The maximum Gasteiger partial charge on any atom is 0.261 e. The van der Waals surface area contributed by atoms with E-state index in [4.69, 9.17) is 18.0 Å². The van der Waals surface area contributed by atoms with Crippen LogP contribution in [0.4, 0.5) is 0 Å². The average Bonchev–Trinajstić information content (AvgIpc) is 2.38. The summed E-state index contributed by atoms with van der Waals surface area (Å²) in [5.74, 6) is -0.565. The molecule has 1 heterocycles. The summed E-state index contributed by atoms with van der Waals surface area (Å²) in [4.78, 5) is 26.2. The Labute approximate surface area is 117 Å². The van der Waals surface area contributed by atoms with E-state index in [0.717, 1.165) is 5.56 Å². The van der Waals surface area contributed by atoms with Crippen molar-refractivity contribution in [1.82, 2.24) is 4.90 Å². The van der Waals surface area contributed by atoms with E-state index in [9.17, 15) is 9.59 Å². The summed E-state index contributed by atoms with van der Waals surface area (Å²) in [5, 5.41) is 0. The molecule has 1 aliphatic heterocycles. The molecule has 0 aliphatic carbocycles. The average molecular weight is 276 g/mol. The van der Waals surface area contributed by atoms with Gasteiger partial charge in [-0.2, -0.15) is 0 Å². The maximum atomic E-state index is 12.5. The van der Waals surface area contributed by atoms with Crippen LogP contribution in [0.1, 0.15) is 36.2 Å². The predicted molar refractivity (Wildman–Crippen MR) is 76.8 cm³/mol. The summed E-state index contributed by atoms with van der Waals surface area (Å²) in [6.07, 6.45) is 0.710. The number of benzene rings is 1. The van der Waals surface area contributed by atoms with Gasteiger partial charge in [-0.05, 0) is 25.0 Å². The number of hydrogen-bond acceptors (Lipinski definition) is 3. The molecule has 0 aromatic heterocycles. The Morgan fingerprint density at radius 2 is 2.05 bits per heavy atom. The molecule has 0 bridgehead atoms. The molecule has 2 rings (SSSR count). The van der Waals surface area contributed by atoms with Gasteiger partial charge in [-0.3, -0.25) is 14.5 Å². The van der Waals surface area contributed by atoms with Gasteiger partial charge in [0, 0.05) is 5.56 Å². The first-order chi connectivity index (χ1) is 8.91. The molecule has 1 aliphatic rings. The van der Waals surface area contributed by atoms with Crippen molar-refractivity contribution in [2.24, 2.45) is 5.73 Å². The quantitative estimate of drug-likeness (QED) is 0.674. The first kappa shape index (κ1) is 13.7. The number of carbonyl (C=O) groups excluding carboxylic acids is 2. The van der Waals surface area contributed by atoms with Crippen molar-refractivity contribution < 1.29 is 9.59 Å². The Morgan fingerprint density at radius 1 is 1.42 bits per heavy atom. The number of thiocarbonyl (C=S) groups is 1. The Balaban J connectivity index is 2.53. The second-order valence-corrected chi connectivity index (χ2v) is 5.30. The van der Waals surface area contributed by atoms with Crippen LogP contribution in [0.5, 0.6) is 0 Å². The number of amides is 2. The van der Waals surface area contributed by atoms with Crippen molar-refractivity contribution in [3.8, 4) is 0 Å². The second kappa shape index (κ2) is 4.74. The number of hydrogen-bond donors (Lipinski definition) is 1. The molecule has 19 heavy (non-hydrogen) atoms. The van der Waals surface area contributed by atoms with Gasteiger partial charge in [0.2, 0.25) is 5.91 Å². The minimum Gasteiger partial charge on any atom is -0.391 e. The highest BCUT2D eigenvalue weighted by molar-refractivity contribution is 7.80. The molecular formula is C14H16N2O2S. The maximum absolute atomic E-state index is 12.5. The summed E-state index contributed by atoms with van der Waals surface area (Å²) < 4.78 is 0. The van der Waals surface area contributed by atoms with Crippen LogP contribution in [0, 0.1) is 0 Å². The van der Waals surface area contributed by atoms with Crippen LogP contribution in [-0.2, 0) is 11.2 Å². The number of rotatable bonds is 3. The third kappa shape index (κ3) is 2.04. The van der Waals surface area contributed by atoms with Crippen LogP contribution in [-0.4, -0.2) is 27.2 Å². The Kier molecular flexibility index (Phi) is 3.41. The molecular weight excluding hydrogens is 260 g/mol. The SMILES string of the molecule is CCC(C)(C(N)=S)N1C(=O)Cc2ccccc2C1=O. The molecule has 2 N–H and O–H groups in total. The summed E-state index contributed by atoms with van der Waals surface area (Å²) >= 11 is 5.05. The van der Waals surface area contributed by atoms with Crippen molar-refractivity contribution in [3.63, 3.8) is 0 Å². The van der Waals surface area contributed by atoms with Crippen molar-refractivity contribution in [2.45, 2.75) is 32.2 Å². The van der Waals surface area contributed by atoms with E-state index in [2.05, 4.69) is 0 Å². The highest BCUT2D eigenvalue weighted by Gasteiger charge is 2.44. The first-order valence-corrected chi connectivity index (χ1v) is 6.58. The molecule has 0 saturated heterocycles. The molecule has 100 valence electrons. The van der Waals surface area contributed by atoms with E-state index < -0.39 is 5.54 Å². The van der Waals surface area contributed by atoms with Gasteiger partial charge < -0.3 is 5.73 Å². The van der Waals surface area contributed by atoms with Crippen LogP contribution in [0.2, 0.25) is 0 Å². The molecule has 0 spiro atoms. The topological polar surface area (TPSA) is 63.4 Å². The predicted octanol–water partition coefficient (Wildman–Crippen LogP) is 1.67. The molecule has 0 saturated carbocycles. The molecule has 1 aromatic rings. The number of nitrogens with zero attached hydrogens (tertiary/aromatic N) is 1. The fraction of sp³-hybridized carbons (Fsp3) is 0.357. The molecule has 1 atom stereocenters. The summed E-state index contributed by atoms with van der Waals surface area (Å²) in [5.41, 5.74) is 6.15. The largest absolute Gasteiger partial charge is 0.391 e. The fourth-order valence-electron chi connectivity index (χ4n) is 2.30. The van der Waals surface area contributed by atoms with Gasteiger partial charge in [0.1, 0.15) is 0 Å². The van der Waals surface area contributed by atoms with Crippen molar-refractivity contribution in [3.05, 3.63) is 35.4 Å². The van der Waals surface area contributed by atoms with E-state index in [1.165, 1.54) is 4.90 Å². The third-order valence-electron chi connectivity index (χ3n) is 3.75.